The van der Waals surface area contributed by atoms with Gasteiger partial charge in [0.05, 0.1) is 19.2 Å². The Morgan fingerprint density at radius 1 is 1.05 bits per heavy atom. The molecule has 0 aliphatic carbocycles. The number of halogens is 1. The number of anilines is 1. The van der Waals surface area contributed by atoms with Gasteiger partial charge in [0.15, 0.2) is 11.5 Å². The zero-order valence-electron chi connectivity index (χ0n) is 23.5. The van der Waals surface area contributed by atoms with Crippen LogP contribution in [0.25, 0.3) is 10.9 Å². The van der Waals surface area contributed by atoms with Crippen LogP contribution in [0.15, 0.2) is 42.6 Å². The molecule has 0 spiro atoms. The van der Waals surface area contributed by atoms with Crippen molar-refractivity contribution < 1.29 is 28.2 Å². The second-order valence-electron chi connectivity index (χ2n) is 10.7. The minimum absolute atomic E-state index is 0.142. The van der Waals surface area contributed by atoms with Crippen LogP contribution < -0.4 is 14.4 Å². The molecule has 2 amide bonds. The maximum absolute atomic E-state index is 14.9. The lowest BCUT2D eigenvalue weighted by atomic mass is 10.1. The van der Waals surface area contributed by atoms with Crippen LogP contribution in [-0.4, -0.2) is 54.0 Å². The Bertz CT molecular complexity index is 1330. The molecule has 0 atom stereocenters. The molecule has 1 aliphatic heterocycles. The Hall–Kier alpha value is -3.75. The standard InChI is InChI=1S/C30H38FN3O5/c1-6-7-8-18-38-26-19-22(11-13-25(26)37-5)33-16-9-15-32(28(33)35)20-21-10-12-24(31)27-23(21)14-17-34(27)29(36)39-30(2,3)4/h10-14,17,19H,6-9,15-16,18,20H2,1-5H3. The maximum Gasteiger partial charge on any atom is 0.419 e. The predicted molar refractivity (Wildman–Crippen MR) is 149 cm³/mol. The molecule has 0 unspecified atom stereocenters. The van der Waals surface area contributed by atoms with Crippen LogP contribution >= 0.6 is 0 Å². The number of benzene rings is 2. The zero-order chi connectivity index (χ0) is 28.2. The topological polar surface area (TPSA) is 73.2 Å². The lowest BCUT2D eigenvalue weighted by Gasteiger charge is -2.36. The number of methoxy groups -OCH3 is 1. The van der Waals surface area contributed by atoms with E-state index in [0.717, 1.165) is 36.9 Å². The van der Waals surface area contributed by atoms with Gasteiger partial charge in [-0.05, 0) is 63.4 Å². The molecular weight excluding hydrogens is 501 g/mol. The molecule has 0 bridgehead atoms. The molecule has 0 saturated carbocycles. The first-order valence-corrected chi connectivity index (χ1v) is 13.5. The Kier molecular flexibility index (Phi) is 8.67. The van der Waals surface area contributed by atoms with Crippen LogP contribution in [0, 0.1) is 5.82 Å². The van der Waals surface area contributed by atoms with Crippen molar-refractivity contribution in [3.05, 3.63) is 54.0 Å². The number of hydrogen-bond acceptors (Lipinski definition) is 5. The number of fused-ring (bicyclic) bond motifs is 1. The molecule has 1 aliphatic rings. The third-order valence-electron chi connectivity index (χ3n) is 6.62. The fourth-order valence-electron chi connectivity index (χ4n) is 4.73. The molecule has 9 heteroatoms. The number of nitrogens with zero attached hydrogens (tertiary/aromatic N) is 3. The second-order valence-corrected chi connectivity index (χ2v) is 10.7. The largest absolute Gasteiger partial charge is 0.493 e. The zero-order valence-corrected chi connectivity index (χ0v) is 23.5. The number of rotatable bonds is 9. The van der Waals surface area contributed by atoms with Gasteiger partial charge < -0.3 is 19.1 Å². The van der Waals surface area contributed by atoms with Crippen molar-refractivity contribution >= 4 is 28.7 Å². The second kappa shape index (κ2) is 12.0. The maximum atomic E-state index is 14.9. The van der Waals surface area contributed by atoms with Crippen LogP contribution in [-0.2, 0) is 11.3 Å². The van der Waals surface area contributed by atoms with Gasteiger partial charge in [0.2, 0.25) is 0 Å². The van der Waals surface area contributed by atoms with Crippen molar-refractivity contribution in [3.63, 3.8) is 0 Å². The summed E-state index contributed by atoms with van der Waals surface area (Å²) in [6.45, 7) is 9.42. The van der Waals surface area contributed by atoms with E-state index < -0.39 is 17.5 Å². The molecule has 3 aromatic rings. The van der Waals surface area contributed by atoms with Crippen LogP contribution in [0.5, 0.6) is 11.5 Å². The van der Waals surface area contributed by atoms with Crippen molar-refractivity contribution in [2.24, 2.45) is 0 Å². The molecule has 0 radical (unpaired) electrons. The molecule has 210 valence electrons. The first-order valence-electron chi connectivity index (χ1n) is 13.5. The van der Waals surface area contributed by atoms with Gasteiger partial charge in [-0.25, -0.2) is 18.5 Å². The molecule has 39 heavy (non-hydrogen) atoms. The van der Waals surface area contributed by atoms with Crippen LogP contribution in [0.1, 0.15) is 58.9 Å². The lowest BCUT2D eigenvalue weighted by molar-refractivity contribution is 0.0543. The number of hydrogen-bond donors (Lipinski definition) is 0. The minimum atomic E-state index is -0.715. The molecule has 2 aromatic carbocycles. The first-order chi connectivity index (χ1) is 18.6. The van der Waals surface area contributed by atoms with E-state index in [2.05, 4.69) is 6.92 Å². The highest BCUT2D eigenvalue weighted by Gasteiger charge is 2.29. The van der Waals surface area contributed by atoms with Gasteiger partial charge in [-0.2, -0.15) is 0 Å². The molecule has 1 aromatic heterocycles. The van der Waals surface area contributed by atoms with Gasteiger partial charge in [0.25, 0.3) is 0 Å². The monoisotopic (exact) mass is 539 g/mol. The molecule has 1 saturated heterocycles. The lowest BCUT2D eigenvalue weighted by Crippen LogP contribution is -2.49. The van der Waals surface area contributed by atoms with E-state index in [4.69, 9.17) is 14.2 Å². The highest BCUT2D eigenvalue weighted by Crippen LogP contribution is 2.34. The third kappa shape index (κ3) is 6.46. The summed E-state index contributed by atoms with van der Waals surface area (Å²) in [5, 5.41) is 0.568. The third-order valence-corrected chi connectivity index (χ3v) is 6.62. The number of ether oxygens (including phenoxy) is 3. The highest BCUT2D eigenvalue weighted by molar-refractivity contribution is 5.95. The summed E-state index contributed by atoms with van der Waals surface area (Å²) in [6.07, 6.45) is 4.76. The van der Waals surface area contributed by atoms with E-state index in [1.54, 1.807) is 49.8 Å². The van der Waals surface area contributed by atoms with Gasteiger partial charge >= 0.3 is 12.1 Å². The van der Waals surface area contributed by atoms with E-state index in [0.29, 0.717) is 36.6 Å². The number of carbonyl (C=O) groups is 2. The number of carbonyl (C=O) groups excluding carboxylic acids is 2. The fraction of sp³-hybridized carbons (Fsp3) is 0.467. The van der Waals surface area contributed by atoms with E-state index in [9.17, 15) is 14.0 Å². The first kappa shape index (κ1) is 28.3. The van der Waals surface area contributed by atoms with Gasteiger partial charge in [-0.3, -0.25) is 4.90 Å². The summed E-state index contributed by atoms with van der Waals surface area (Å²) in [5.74, 6) is 0.709. The summed E-state index contributed by atoms with van der Waals surface area (Å²) in [5.41, 5.74) is 0.908. The predicted octanol–water partition coefficient (Wildman–Crippen LogP) is 6.97. The molecule has 4 rings (SSSR count). The van der Waals surface area contributed by atoms with Crippen LogP contribution in [0.4, 0.5) is 19.7 Å². The van der Waals surface area contributed by atoms with E-state index in [1.165, 1.54) is 16.8 Å². The summed E-state index contributed by atoms with van der Waals surface area (Å²) in [6, 6.07) is 10.1. The number of urea groups is 1. The Morgan fingerprint density at radius 2 is 1.85 bits per heavy atom. The van der Waals surface area contributed by atoms with E-state index in [1.807, 2.05) is 18.2 Å². The average molecular weight is 540 g/mol. The van der Waals surface area contributed by atoms with Crippen LogP contribution in [0.3, 0.4) is 0 Å². The van der Waals surface area contributed by atoms with Crippen molar-refractivity contribution in [1.29, 1.82) is 0 Å². The SMILES string of the molecule is CCCCCOc1cc(N2CCCN(Cc3ccc(F)c4c3ccn4C(=O)OC(C)(C)C)C2=O)ccc1OC. The van der Waals surface area contributed by atoms with Gasteiger partial charge in [0.1, 0.15) is 11.4 Å². The summed E-state index contributed by atoms with van der Waals surface area (Å²) in [4.78, 5) is 29.8. The molecule has 0 N–H and O–H groups in total. The normalized spacial score (nSPS) is 14.2. The number of amides is 2. The summed E-state index contributed by atoms with van der Waals surface area (Å²) >= 11 is 0. The van der Waals surface area contributed by atoms with E-state index >= 15 is 0 Å². The van der Waals surface area contributed by atoms with Gasteiger partial charge in [-0.15, -0.1) is 0 Å². The smallest absolute Gasteiger partial charge is 0.419 e. The average Bonchev–Trinajstić information content (AvgIpc) is 3.35. The Morgan fingerprint density at radius 3 is 2.56 bits per heavy atom. The van der Waals surface area contributed by atoms with Crippen molar-refractivity contribution in [2.45, 2.75) is 65.5 Å². The van der Waals surface area contributed by atoms with Crippen LogP contribution in [0.2, 0.25) is 0 Å². The fourth-order valence-corrected chi connectivity index (χ4v) is 4.73. The molecule has 1 fully saturated rings. The van der Waals surface area contributed by atoms with Crippen molar-refractivity contribution in [3.8, 4) is 11.5 Å². The summed E-state index contributed by atoms with van der Waals surface area (Å²) in [7, 11) is 1.60. The van der Waals surface area contributed by atoms with Gasteiger partial charge in [0, 0.05) is 43.0 Å². The van der Waals surface area contributed by atoms with E-state index in [-0.39, 0.29) is 18.1 Å². The Balaban J connectivity index is 1.56. The summed E-state index contributed by atoms with van der Waals surface area (Å²) < 4.78 is 33.0. The van der Waals surface area contributed by atoms with Crippen molar-refractivity contribution in [1.82, 2.24) is 9.47 Å². The Labute approximate surface area is 229 Å². The number of aromatic nitrogens is 1. The number of unbranched alkanes of at least 4 members (excludes halogenated alkanes) is 2. The molecule has 2 heterocycles. The molecular formula is C30H38FN3O5. The minimum Gasteiger partial charge on any atom is -0.493 e. The highest BCUT2D eigenvalue weighted by atomic mass is 19.1. The quantitative estimate of drug-likeness (QED) is 0.275. The van der Waals surface area contributed by atoms with Crippen molar-refractivity contribution in [2.75, 3.05) is 31.7 Å². The molecule has 8 nitrogen and oxygen atoms in total. The van der Waals surface area contributed by atoms with Gasteiger partial charge in [-0.1, -0.05) is 25.8 Å².